The Labute approximate surface area is 192 Å². The normalized spacial score (nSPS) is 24.8. The molecule has 6 heteroatoms. The van der Waals surface area contributed by atoms with Crippen molar-refractivity contribution in [3.05, 3.63) is 77.4 Å². The van der Waals surface area contributed by atoms with Crippen molar-refractivity contribution in [1.29, 1.82) is 0 Å². The topological polar surface area (TPSA) is 39.3 Å². The summed E-state index contributed by atoms with van der Waals surface area (Å²) in [4.78, 5) is 22.6. The summed E-state index contributed by atoms with van der Waals surface area (Å²) >= 11 is 7.58. The number of carbonyl (C=O) groups excluding carboxylic acids is 1. The number of amides is 1. The van der Waals surface area contributed by atoms with Gasteiger partial charge in [0.15, 0.2) is 0 Å². The number of benzene rings is 2. The molecule has 0 unspecified atom stereocenters. The van der Waals surface area contributed by atoms with Gasteiger partial charge in [0.05, 0.1) is 11.1 Å². The van der Waals surface area contributed by atoms with Crippen LogP contribution in [0.2, 0.25) is 5.15 Å². The molecule has 2 atom stereocenters. The second kappa shape index (κ2) is 8.73. The minimum absolute atomic E-state index is 0.0799. The highest BCUT2D eigenvalue weighted by molar-refractivity contribution is 7.99. The van der Waals surface area contributed by atoms with E-state index in [9.17, 15) is 4.79 Å². The van der Waals surface area contributed by atoms with E-state index in [0.29, 0.717) is 17.1 Å². The number of hydrogen-bond acceptors (Lipinski definition) is 3. The maximum atomic E-state index is 13.8. The summed E-state index contributed by atoms with van der Waals surface area (Å²) in [6.45, 7) is 4.57. The second-order valence-corrected chi connectivity index (χ2v) is 9.93. The van der Waals surface area contributed by atoms with Crippen LogP contribution in [0.4, 0.5) is 5.69 Å². The van der Waals surface area contributed by atoms with Gasteiger partial charge in [-0.1, -0.05) is 41.6 Å². The number of fused-ring (bicyclic) bond motifs is 3. The van der Waals surface area contributed by atoms with Crippen LogP contribution in [0.3, 0.4) is 0 Å². The number of hydrogen-bond donors (Lipinski definition) is 1. The molecule has 4 heterocycles. The van der Waals surface area contributed by atoms with Crippen LogP contribution in [0.1, 0.15) is 30.1 Å². The number of carbonyl (C=O) groups is 1. The van der Waals surface area contributed by atoms with E-state index in [1.54, 1.807) is 11.8 Å². The van der Waals surface area contributed by atoms with Gasteiger partial charge in [-0.15, -0.1) is 0 Å². The molecule has 0 saturated carbocycles. The minimum atomic E-state index is 0.0799. The monoisotopic (exact) mass is 451 g/mol. The minimum Gasteiger partial charge on any atom is -0.341 e. The summed E-state index contributed by atoms with van der Waals surface area (Å²) in [7, 11) is 0. The molecule has 160 valence electrons. The van der Waals surface area contributed by atoms with Crippen molar-refractivity contribution in [2.45, 2.75) is 41.8 Å². The highest BCUT2D eigenvalue weighted by atomic mass is 35.5. The standard InChI is InChI=1S/C25H26ClN3OS/c1-17-24(18-13-15-28(17)16-14-18)29(20-5-3-2-4-6-20)25(30)19-7-9-21(10-8-19)31-23-12-11-22(26)27-23/h2-12,17-18,24,27H,13-16H2,1H3/t17-,24-/m0/s1. The van der Waals surface area contributed by atoms with Gasteiger partial charge < -0.3 is 9.88 Å². The highest BCUT2D eigenvalue weighted by Crippen LogP contribution is 2.38. The lowest BCUT2D eigenvalue weighted by Gasteiger charge is -2.53. The van der Waals surface area contributed by atoms with Crippen LogP contribution >= 0.6 is 23.4 Å². The van der Waals surface area contributed by atoms with E-state index in [0.717, 1.165) is 34.3 Å². The molecule has 4 nitrogen and oxygen atoms in total. The number of nitrogens with one attached hydrogen (secondary N) is 1. The number of para-hydroxylation sites is 1. The van der Waals surface area contributed by atoms with E-state index >= 15 is 0 Å². The molecule has 0 aliphatic carbocycles. The fourth-order valence-electron chi connectivity index (χ4n) is 5.06. The first-order chi connectivity index (χ1) is 15.1. The van der Waals surface area contributed by atoms with Crippen LogP contribution < -0.4 is 4.90 Å². The number of rotatable bonds is 5. The molecule has 3 aliphatic rings. The number of piperidine rings is 3. The molecule has 3 fully saturated rings. The fourth-order valence-corrected chi connectivity index (χ4v) is 6.10. The van der Waals surface area contributed by atoms with Crippen molar-refractivity contribution in [2.24, 2.45) is 5.92 Å². The molecule has 2 bridgehead atoms. The molecule has 3 saturated heterocycles. The third kappa shape index (κ3) is 4.14. The van der Waals surface area contributed by atoms with E-state index in [2.05, 4.69) is 33.8 Å². The smallest absolute Gasteiger partial charge is 0.258 e. The Morgan fingerprint density at radius 1 is 1.03 bits per heavy atom. The zero-order chi connectivity index (χ0) is 21.4. The van der Waals surface area contributed by atoms with Crippen molar-refractivity contribution < 1.29 is 4.79 Å². The van der Waals surface area contributed by atoms with Crippen molar-refractivity contribution in [3.8, 4) is 0 Å². The average Bonchev–Trinajstić information content (AvgIpc) is 3.22. The molecule has 1 aromatic heterocycles. The molecule has 1 amide bonds. The summed E-state index contributed by atoms with van der Waals surface area (Å²) in [6, 6.07) is 22.4. The van der Waals surface area contributed by atoms with Crippen LogP contribution in [0.15, 0.2) is 76.7 Å². The van der Waals surface area contributed by atoms with Gasteiger partial charge >= 0.3 is 0 Å². The Morgan fingerprint density at radius 2 is 1.74 bits per heavy atom. The molecule has 0 spiro atoms. The summed E-state index contributed by atoms with van der Waals surface area (Å²) < 4.78 is 0. The van der Waals surface area contributed by atoms with Crippen LogP contribution in [0.25, 0.3) is 0 Å². The first kappa shape index (κ1) is 20.7. The van der Waals surface area contributed by atoms with Gasteiger partial charge in [0.25, 0.3) is 5.91 Å². The average molecular weight is 452 g/mol. The Balaban J connectivity index is 1.43. The lowest BCUT2D eigenvalue weighted by Crippen LogP contribution is -2.63. The summed E-state index contributed by atoms with van der Waals surface area (Å²) in [5, 5.41) is 1.61. The van der Waals surface area contributed by atoms with Gasteiger partial charge in [0, 0.05) is 22.2 Å². The number of aromatic amines is 1. The SMILES string of the molecule is C[C@H]1[C@H](N(C(=O)c2ccc(Sc3ccc(Cl)[nH]3)cc2)c2ccccc2)C2CCN1CC2. The van der Waals surface area contributed by atoms with E-state index in [4.69, 9.17) is 11.6 Å². The molecule has 3 aliphatic heterocycles. The maximum Gasteiger partial charge on any atom is 0.258 e. The molecular formula is C25H26ClN3OS. The van der Waals surface area contributed by atoms with Crippen molar-refractivity contribution >= 4 is 35.0 Å². The molecule has 1 N–H and O–H groups in total. The van der Waals surface area contributed by atoms with Gasteiger partial charge in [-0.25, -0.2) is 0 Å². The summed E-state index contributed by atoms with van der Waals surface area (Å²) in [6.07, 6.45) is 2.33. The Morgan fingerprint density at radius 3 is 2.35 bits per heavy atom. The number of anilines is 1. The van der Waals surface area contributed by atoms with Gasteiger partial charge in [0.2, 0.25) is 0 Å². The lowest BCUT2D eigenvalue weighted by molar-refractivity contribution is 0.0327. The quantitative estimate of drug-likeness (QED) is 0.521. The Kier molecular flexibility index (Phi) is 5.83. The van der Waals surface area contributed by atoms with Crippen molar-refractivity contribution in [2.75, 3.05) is 18.0 Å². The molecule has 3 aromatic rings. The lowest BCUT2D eigenvalue weighted by atomic mass is 9.78. The second-order valence-electron chi connectivity index (χ2n) is 8.41. The van der Waals surface area contributed by atoms with Crippen LogP contribution in [-0.4, -0.2) is 41.0 Å². The zero-order valence-electron chi connectivity index (χ0n) is 17.5. The van der Waals surface area contributed by atoms with E-state index in [1.165, 1.54) is 12.8 Å². The molecule has 2 aromatic carbocycles. The third-order valence-electron chi connectivity index (χ3n) is 6.63. The summed E-state index contributed by atoms with van der Waals surface area (Å²) in [5.74, 6) is 0.632. The molecule has 0 radical (unpaired) electrons. The zero-order valence-corrected chi connectivity index (χ0v) is 19.1. The van der Waals surface area contributed by atoms with E-state index < -0.39 is 0 Å². The molecule has 6 rings (SSSR count). The third-order valence-corrected chi connectivity index (χ3v) is 7.82. The van der Waals surface area contributed by atoms with Gasteiger partial charge in [0.1, 0.15) is 5.15 Å². The van der Waals surface area contributed by atoms with E-state index in [-0.39, 0.29) is 11.9 Å². The number of aromatic nitrogens is 1. The van der Waals surface area contributed by atoms with Gasteiger partial charge in [-0.05, 0) is 87.3 Å². The Bertz CT molecular complexity index is 1040. The predicted octanol–water partition coefficient (Wildman–Crippen LogP) is 5.95. The fraction of sp³-hybridized carbons (Fsp3) is 0.320. The summed E-state index contributed by atoms with van der Waals surface area (Å²) in [5.41, 5.74) is 1.71. The number of nitrogens with zero attached hydrogens (tertiary/aromatic N) is 2. The van der Waals surface area contributed by atoms with Crippen LogP contribution in [-0.2, 0) is 0 Å². The van der Waals surface area contributed by atoms with Gasteiger partial charge in [-0.3, -0.25) is 9.69 Å². The first-order valence-electron chi connectivity index (χ1n) is 10.9. The largest absolute Gasteiger partial charge is 0.341 e. The highest BCUT2D eigenvalue weighted by Gasteiger charge is 2.44. The van der Waals surface area contributed by atoms with Crippen molar-refractivity contribution in [3.63, 3.8) is 0 Å². The van der Waals surface area contributed by atoms with Crippen molar-refractivity contribution in [1.82, 2.24) is 9.88 Å². The maximum absolute atomic E-state index is 13.8. The number of H-pyrrole nitrogens is 1. The van der Waals surface area contributed by atoms with Gasteiger partial charge in [-0.2, -0.15) is 0 Å². The Hall–Kier alpha value is -2.21. The number of halogens is 1. The molecular weight excluding hydrogens is 426 g/mol. The predicted molar refractivity (Wildman–Crippen MR) is 127 cm³/mol. The van der Waals surface area contributed by atoms with Crippen LogP contribution in [0, 0.1) is 5.92 Å². The molecule has 31 heavy (non-hydrogen) atoms. The first-order valence-corrected chi connectivity index (χ1v) is 12.0. The van der Waals surface area contributed by atoms with E-state index in [1.807, 2.05) is 54.6 Å². The van der Waals surface area contributed by atoms with Crippen LogP contribution in [0.5, 0.6) is 0 Å².